The predicted molar refractivity (Wildman–Crippen MR) is 122 cm³/mol. The third-order valence-electron chi connectivity index (χ3n) is 3.61. The van der Waals surface area contributed by atoms with E-state index in [0.29, 0.717) is 16.7 Å². The van der Waals surface area contributed by atoms with Crippen LogP contribution in [0.3, 0.4) is 0 Å². The van der Waals surface area contributed by atoms with Crippen molar-refractivity contribution < 1.29 is 4.74 Å². The van der Waals surface area contributed by atoms with E-state index in [4.69, 9.17) is 27.9 Å². The molecule has 0 N–H and O–H groups in total. The molecule has 142 valence electrons. The summed E-state index contributed by atoms with van der Waals surface area (Å²) in [6.07, 6.45) is 0. The average molecular weight is 467 g/mol. The van der Waals surface area contributed by atoms with Gasteiger partial charge < -0.3 is 9.64 Å². The van der Waals surface area contributed by atoms with Crippen LogP contribution in [0.15, 0.2) is 72.8 Å². The van der Waals surface area contributed by atoms with E-state index in [-0.39, 0.29) is 0 Å². The first-order chi connectivity index (χ1) is 13.2. The highest BCUT2D eigenvalue weighted by Crippen LogP contribution is 2.36. The van der Waals surface area contributed by atoms with Crippen molar-refractivity contribution in [2.45, 2.75) is 13.8 Å². The third-order valence-corrected chi connectivity index (χ3v) is 4.44. The van der Waals surface area contributed by atoms with Gasteiger partial charge in [-0.2, -0.15) is 0 Å². The predicted octanol–water partition coefficient (Wildman–Crippen LogP) is 8.26. The fourth-order valence-electron chi connectivity index (χ4n) is 2.48. The van der Waals surface area contributed by atoms with Crippen LogP contribution in [0, 0.1) is 0 Å². The summed E-state index contributed by atoms with van der Waals surface area (Å²) in [5.41, 5.74) is 3.05. The van der Waals surface area contributed by atoms with Crippen molar-refractivity contribution in [2.75, 3.05) is 16.8 Å². The second kappa shape index (κ2) is 11.2. The number of halogens is 3. The van der Waals surface area contributed by atoms with Crippen molar-refractivity contribution in [3.8, 4) is 5.75 Å². The van der Waals surface area contributed by atoms with Gasteiger partial charge in [0.25, 0.3) is 0 Å². The minimum Gasteiger partial charge on any atom is -0.493 e. The fraction of sp³-hybridized carbons (Fsp3) is 0.182. The summed E-state index contributed by atoms with van der Waals surface area (Å²) in [6, 6.07) is 23.5. The molecule has 0 aliphatic carbocycles. The van der Waals surface area contributed by atoms with Gasteiger partial charge in [-0.15, -0.1) is 0 Å². The maximum absolute atomic E-state index is 6.04. The summed E-state index contributed by atoms with van der Waals surface area (Å²) < 4.78 is 5.63. The number of anilines is 3. The monoisotopic (exact) mass is 465 g/mol. The average Bonchev–Trinajstić information content (AvgIpc) is 2.72. The smallest absolute Gasteiger partial charge is 0.119 e. The SMILES string of the molecule is CC.Clc1ccc(N(c2ccc(Cl)cc2)c2ccc(OCCBr)cc2)cc1. The first-order valence-corrected chi connectivity index (χ1v) is 10.7. The van der Waals surface area contributed by atoms with Crippen molar-refractivity contribution in [1.29, 1.82) is 0 Å². The molecule has 3 rings (SSSR count). The number of benzene rings is 3. The maximum Gasteiger partial charge on any atom is 0.119 e. The van der Waals surface area contributed by atoms with Crippen LogP contribution in [-0.4, -0.2) is 11.9 Å². The molecule has 0 radical (unpaired) electrons. The van der Waals surface area contributed by atoms with E-state index in [2.05, 4.69) is 20.8 Å². The van der Waals surface area contributed by atoms with Gasteiger partial charge in [-0.25, -0.2) is 0 Å². The Morgan fingerprint density at radius 1 is 0.704 bits per heavy atom. The molecular formula is C22H22BrCl2NO. The van der Waals surface area contributed by atoms with Crippen LogP contribution in [0.1, 0.15) is 13.8 Å². The molecule has 0 heterocycles. The van der Waals surface area contributed by atoms with Crippen LogP contribution < -0.4 is 9.64 Å². The van der Waals surface area contributed by atoms with E-state index in [1.165, 1.54) is 0 Å². The minimum absolute atomic E-state index is 0.636. The molecule has 0 aliphatic rings. The lowest BCUT2D eigenvalue weighted by molar-refractivity contribution is 0.345. The van der Waals surface area contributed by atoms with Gasteiger partial charge in [0.15, 0.2) is 0 Å². The van der Waals surface area contributed by atoms with Gasteiger partial charge in [-0.3, -0.25) is 0 Å². The Hall–Kier alpha value is -1.68. The Morgan fingerprint density at radius 2 is 1.07 bits per heavy atom. The van der Waals surface area contributed by atoms with Crippen LogP contribution in [0.4, 0.5) is 17.1 Å². The van der Waals surface area contributed by atoms with E-state index in [1.54, 1.807) is 0 Å². The number of nitrogens with zero attached hydrogens (tertiary/aromatic N) is 1. The van der Waals surface area contributed by atoms with Crippen molar-refractivity contribution in [3.63, 3.8) is 0 Å². The number of alkyl halides is 1. The topological polar surface area (TPSA) is 12.5 Å². The molecule has 27 heavy (non-hydrogen) atoms. The number of rotatable bonds is 6. The standard InChI is InChI=1S/C20H16BrCl2NO.C2H6/c21-13-14-25-20-11-9-19(10-12-20)24(17-5-1-15(22)2-6-17)18-7-3-16(23)4-8-18;1-2/h1-12H,13-14H2;1-2H3. The maximum atomic E-state index is 6.04. The molecule has 3 aromatic carbocycles. The van der Waals surface area contributed by atoms with E-state index in [9.17, 15) is 0 Å². The number of hydrogen-bond acceptors (Lipinski definition) is 2. The lowest BCUT2D eigenvalue weighted by Gasteiger charge is -2.25. The van der Waals surface area contributed by atoms with Crippen molar-refractivity contribution in [3.05, 3.63) is 82.8 Å². The van der Waals surface area contributed by atoms with Crippen LogP contribution in [-0.2, 0) is 0 Å². The molecule has 0 saturated carbocycles. The molecule has 5 heteroatoms. The van der Waals surface area contributed by atoms with Gasteiger partial charge in [0.05, 0.1) is 6.61 Å². The van der Waals surface area contributed by atoms with Crippen LogP contribution in [0.25, 0.3) is 0 Å². The highest BCUT2D eigenvalue weighted by atomic mass is 79.9. The van der Waals surface area contributed by atoms with E-state index < -0.39 is 0 Å². The summed E-state index contributed by atoms with van der Waals surface area (Å²) in [5, 5.41) is 2.22. The Kier molecular flexibility index (Phi) is 8.99. The Bertz CT molecular complexity index is 760. The van der Waals surface area contributed by atoms with Crippen LogP contribution in [0.2, 0.25) is 10.0 Å². The zero-order valence-corrected chi connectivity index (χ0v) is 18.4. The molecule has 0 aliphatic heterocycles. The Labute approximate surface area is 179 Å². The lowest BCUT2D eigenvalue weighted by atomic mass is 10.2. The molecule has 0 bridgehead atoms. The summed E-state index contributed by atoms with van der Waals surface area (Å²) in [7, 11) is 0. The number of hydrogen-bond donors (Lipinski definition) is 0. The van der Waals surface area contributed by atoms with Crippen molar-refractivity contribution >= 4 is 56.2 Å². The highest BCUT2D eigenvalue weighted by molar-refractivity contribution is 9.09. The van der Waals surface area contributed by atoms with Crippen LogP contribution >= 0.6 is 39.1 Å². The summed E-state index contributed by atoms with van der Waals surface area (Å²) in [6.45, 7) is 4.64. The van der Waals surface area contributed by atoms with E-state index in [1.807, 2.05) is 86.6 Å². The molecule has 0 spiro atoms. The minimum atomic E-state index is 0.636. The summed E-state index contributed by atoms with van der Waals surface area (Å²) in [4.78, 5) is 2.14. The molecular weight excluding hydrogens is 445 g/mol. The van der Waals surface area contributed by atoms with E-state index in [0.717, 1.165) is 28.1 Å². The molecule has 0 saturated heterocycles. The summed E-state index contributed by atoms with van der Waals surface area (Å²) >= 11 is 15.4. The van der Waals surface area contributed by atoms with Gasteiger partial charge in [0.1, 0.15) is 5.75 Å². The van der Waals surface area contributed by atoms with Gasteiger partial charge in [-0.05, 0) is 72.8 Å². The van der Waals surface area contributed by atoms with Gasteiger partial charge in [0, 0.05) is 32.4 Å². The first-order valence-electron chi connectivity index (χ1n) is 8.77. The molecule has 0 atom stereocenters. The Balaban J connectivity index is 0.00000126. The fourth-order valence-corrected chi connectivity index (χ4v) is 2.89. The second-order valence-corrected chi connectivity index (χ2v) is 6.99. The zero-order valence-electron chi connectivity index (χ0n) is 15.3. The molecule has 0 aromatic heterocycles. The zero-order chi connectivity index (χ0) is 19.6. The van der Waals surface area contributed by atoms with Gasteiger partial charge in [0.2, 0.25) is 0 Å². The molecule has 0 amide bonds. The highest BCUT2D eigenvalue weighted by Gasteiger charge is 2.12. The Morgan fingerprint density at radius 3 is 1.44 bits per heavy atom. The van der Waals surface area contributed by atoms with E-state index >= 15 is 0 Å². The first kappa shape index (κ1) is 21.6. The lowest BCUT2D eigenvalue weighted by Crippen LogP contribution is -2.09. The van der Waals surface area contributed by atoms with Crippen molar-refractivity contribution in [1.82, 2.24) is 0 Å². The van der Waals surface area contributed by atoms with Crippen molar-refractivity contribution in [2.24, 2.45) is 0 Å². The molecule has 0 fully saturated rings. The van der Waals surface area contributed by atoms with Crippen LogP contribution in [0.5, 0.6) is 5.75 Å². The second-order valence-electron chi connectivity index (χ2n) is 5.32. The van der Waals surface area contributed by atoms with Gasteiger partial charge >= 0.3 is 0 Å². The normalized spacial score (nSPS) is 9.96. The molecule has 3 aromatic rings. The number of ether oxygens (including phenoxy) is 1. The third kappa shape index (κ3) is 6.17. The largest absolute Gasteiger partial charge is 0.493 e. The molecule has 2 nitrogen and oxygen atoms in total. The van der Waals surface area contributed by atoms with Gasteiger partial charge in [-0.1, -0.05) is 53.0 Å². The quantitative estimate of drug-likeness (QED) is 0.339. The molecule has 0 unspecified atom stereocenters. The summed E-state index contributed by atoms with van der Waals surface area (Å²) in [5.74, 6) is 0.843.